The van der Waals surface area contributed by atoms with Crippen LogP contribution in [0.25, 0.3) is 5.65 Å². The number of aromatic nitrogens is 4. The van der Waals surface area contributed by atoms with Crippen molar-refractivity contribution in [3.63, 3.8) is 0 Å². The number of nitrogens with zero attached hydrogens (tertiary/aromatic N) is 6. The van der Waals surface area contributed by atoms with Crippen LogP contribution >= 0.6 is 11.6 Å². The fourth-order valence-electron chi connectivity index (χ4n) is 5.42. The molecule has 0 aliphatic carbocycles. The molecule has 44 heavy (non-hydrogen) atoms. The molecule has 0 spiro atoms. The molecule has 0 saturated carbocycles. The number of carboxylic acid groups (broad SMARTS) is 1. The Morgan fingerprint density at radius 1 is 1.18 bits per heavy atom. The minimum Gasteiger partial charge on any atom is -0.481 e. The summed E-state index contributed by atoms with van der Waals surface area (Å²) in [6.45, 7) is 5.25. The average Bonchev–Trinajstić information content (AvgIpc) is 3.38. The molecule has 1 aromatic carbocycles. The predicted octanol–water partition coefficient (Wildman–Crippen LogP) is 6.00. The number of alkyl halides is 3. The van der Waals surface area contributed by atoms with Gasteiger partial charge in [-0.15, -0.1) is 10.2 Å². The second kappa shape index (κ2) is 12.8. The fraction of sp³-hybridized carbons (Fsp3) is 0.379. The van der Waals surface area contributed by atoms with Gasteiger partial charge in [0.2, 0.25) is 5.82 Å². The Morgan fingerprint density at radius 3 is 2.66 bits per heavy atom. The van der Waals surface area contributed by atoms with Crippen LogP contribution in [0.5, 0.6) is 0 Å². The molecule has 0 bridgehead atoms. The van der Waals surface area contributed by atoms with Crippen molar-refractivity contribution >= 4 is 40.0 Å². The SMILES string of the molecule is CCCCN1CCN(Cc2cc(C(CC(=O)O)c3ccn4c(C(F)(F)F)nnc4c3C)ccc2Cl)S(=O)c2cc(F)cnc21. The zero-order valence-electron chi connectivity index (χ0n) is 23.8. The summed E-state index contributed by atoms with van der Waals surface area (Å²) in [6, 6.07) is 7.65. The third-order valence-corrected chi connectivity index (χ3v) is 9.44. The van der Waals surface area contributed by atoms with E-state index in [1.54, 1.807) is 29.4 Å². The standard InChI is InChI=1S/C29H29ClF4N6O3S/c1-3-4-8-38-10-11-39(44(43)24-13-20(31)15-35-27(24)38)16-19-12-18(5-6-23(19)30)22(14-25(41)42)21-7-9-40-26(17(21)2)36-37-28(40)29(32,33)34/h5-7,9,12-13,15,22H,3-4,8,10-11,14,16H2,1-2H3,(H,41,42). The van der Waals surface area contributed by atoms with Gasteiger partial charge in [-0.05, 0) is 53.8 Å². The molecule has 1 N–H and O–H groups in total. The van der Waals surface area contributed by atoms with Gasteiger partial charge in [-0.25, -0.2) is 17.9 Å². The molecule has 0 radical (unpaired) electrons. The molecule has 4 aromatic rings. The van der Waals surface area contributed by atoms with Crippen molar-refractivity contribution < 1.29 is 31.7 Å². The topological polar surface area (TPSA) is 104 Å². The van der Waals surface area contributed by atoms with Crippen LogP contribution in [0.15, 0.2) is 47.6 Å². The first-order valence-electron chi connectivity index (χ1n) is 13.9. The lowest BCUT2D eigenvalue weighted by Gasteiger charge is -2.23. The molecule has 1 aliphatic rings. The predicted molar refractivity (Wildman–Crippen MR) is 156 cm³/mol. The number of carbonyl (C=O) groups is 1. The summed E-state index contributed by atoms with van der Waals surface area (Å²) < 4.78 is 70.7. The number of unbranched alkanes of at least 4 members (excludes halogenated alkanes) is 1. The van der Waals surface area contributed by atoms with E-state index in [1.807, 2.05) is 4.90 Å². The highest BCUT2D eigenvalue weighted by Crippen LogP contribution is 2.36. The number of pyridine rings is 2. The molecule has 15 heteroatoms. The molecule has 0 amide bonds. The Balaban J connectivity index is 1.51. The minimum atomic E-state index is -4.72. The van der Waals surface area contributed by atoms with Crippen molar-refractivity contribution in [2.24, 2.45) is 0 Å². The van der Waals surface area contributed by atoms with Crippen molar-refractivity contribution in [1.29, 1.82) is 0 Å². The zero-order valence-corrected chi connectivity index (χ0v) is 25.4. The summed E-state index contributed by atoms with van der Waals surface area (Å²) >= 11 is 6.59. The van der Waals surface area contributed by atoms with Crippen LogP contribution < -0.4 is 4.90 Å². The fourth-order valence-corrected chi connectivity index (χ4v) is 6.93. The van der Waals surface area contributed by atoms with Crippen LogP contribution in [0, 0.1) is 12.7 Å². The van der Waals surface area contributed by atoms with Gasteiger partial charge in [0.05, 0.1) is 17.5 Å². The Morgan fingerprint density at radius 2 is 1.95 bits per heavy atom. The maximum atomic E-state index is 14.2. The number of anilines is 1. The largest absolute Gasteiger partial charge is 0.481 e. The summed E-state index contributed by atoms with van der Waals surface area (Å²) in [4.78, 5) is 18.5. The van der Waals surface area contributed by atoms with Crippen LogP contribution in [-0.2, 0) is 28.5 Å². The van der Waals surface area contributed by atoms with Gasteiger partial charge in [-0.3, -0.25) is 9.20 Å². The quantitative estimate of drug-likeness (QED) is 0.221. The summed E-state index contributed by atoms with van der Waals surface area (Å²) in [6.07, 6.45) is -0.980. The van der Waals surface area contributed by atoms with Gasteiger partial charge < -0.3 is 10.0 Å². The van der Waals surface area contributed by atoms with E-state index in [9.17, 15) is 31.7 Å². The first-order valence-corrected chi connectivity index (χ1v) is 15.4. The number of benzene rings is 1. The lowest BCUT2D eigenvalue weighted by molar-refractivity contribution is -0.145. The average molecular weight is 653 g/mol. The lowest BCUT2D eigenvalue weighted by Crippen LogP contribution is -2.33. The van der Waals surface area contributed by atoms with Crippen LogP contribution in [-0.4, -0.2) is 58.8 Å². The van der Waals surface area contributed by atoms with Gasteiger partial charge in [0.1, 0.15) is 22.6 Å². The first-order chi connectivity index (χ1) is 20.9. The van der Waals surface area contributed by atoms with E-state index in [-0.39, 0.29) is 23.5 Å². The van der Waals surface area contributed by atoms with Gasteiger partial charge >= 0.3 is 12.1 Å². The summed E-state index contributed by atoms with van der Waals surface area (Å²) in [5.74, 6) is -3.20. The molecule has 234 valence electrons. The summed E-state index contributed by atoms with van der Waals surface area (Å²) in [5.41, 5.74) is 1.89. The van der Waals surface area contributed by atoms with E-state index < -0.39 is 40.7 Å². The maximum absolute atomic E-state index is 14.2. The summed E-state index contributed by atoms with van der Waals surface area (Å²) in [7, 11) is -1.78. The molecule has 9 nitrogen and oxygen atoms in total. The Hall–Kier alpha value is -3.62. The van der Waals surface area contributed by atoms with Gasteiger partial charge in [0, 0.05) is 43.3 Å². The second-order valence-electron chi connectivity index (χ2n) is 10.5. The number of rotatable bonds is 9. The highest BCUT2D eigenvalue weighted by molar-refractivity contribution is 7.82. The third kappa shape index (κ3) is 6.42. The van der Waals surface area contributed by atoms with E-state index in [0.29, 0.717) is 52.7 Å². The Kier molecular flexibility index (Phi) is 9.23. The molecular formula is C29H29ClF4N6O3S. The van der Waals surface area contributed by atoms with E-state index in [4.69, 9.17) is 11.6 Å². The first kappa shape index (κ1) is 31.8. The molecule has 4 heterocycles. The van der Waals surface area contributed by atoms with Crippen LogP contribution in [0.1, 0.15) is 60.2 Å². The van der Waals surface area contributed by atoms with Crippen molar-refractivity contribution in [2.75, 3.05) is 24.5 Å². The summed E-state index contributed by atoms with van der Waals surface area (Å²) in [5, 5.41) is 17.2. The Labute approximate surface area is 258 Å². The van der Waals surface area contributed by atoms with E-state index in [1.165, 1.54) is 18.3 Å². The Bertz CT molecular complexity index is 1730. The molecule has 1 aliphatic heterocycles. The smallest absolute Gasteiger partial charge is 0.452 e. The molecule has 5 rings (SSSR count). The van der Waals surface area contributed by atoms with Crippen LogP contribution in [0.3, 0.4) is 0 Å². The number of halogens is 5. The monoisotopic (exact) mass is 652 g/mol. The molecular weight excluding hydrogens is 624 g/mol. The number of fused-ring (bicyclic) bond motifs is 2. The molecule has 2 unspecified atom stereocenters. The minimum absolute atomic E-state index is 0.0356. The van der Waals surface area contributed by atoms with E-state index in [2.05, 4.69) is 22.1 Å². The highest BCUT2D eigenvalue weighted by atomic mass is 35.5. The number of carboxylic acids is 1. The van der Waals surface area contributed by atoms with E-state index >= 15 is 0 Å². The molecule has 0 saturated heterocycles. The number of hydrogen-bond acceptors (Lipinski definition) is 6. The normalized spacial score (nSPS) is 16.6. The van der Waals surface area contributed by atoms with Crippen molar-refractivity contribution in [3.05, 3.63) is 81.6 Å². The van der Waals surface area contributed by atoms with Crippen LogP contribution in [0.4, 0.5) is 23.4 Å². The second-order valence-corrected chi connectivity index (χ2v) is 12.4. The zero-order chi connectivity index (χ0) is 31.8. The van der Waals surface area contributed by atoms with Gasteiger partial charge in [0.15, 0.2) is 5.65 Å². The highest BCUT2D eigenvalue weighted by Gasteiger charge is 2.37. The number of aryl methyl sites for hydroxylation is 1. The van der Waals surface area contributed by atoms with Crippen molar-refractivity contribution in [3.8, 4) is 0 Å². The molecule has 3 aromatic heterocycles. The van der Waals surface area contributed by atoms with Crippen molar-refractivity contribution in [2.45, 2.75) is 56.6 Å². The van der Waals surface area contributed by atoms with Gasteiger partial charge in [-0.2, -0.15) is 13.2 Å². The molecule has 0 fully saturated rings. The van der Waals surface area contributed by atoms with Gasteiger partial charge in [-0.1, -0.05) is 37.1 Å². The maximum Gasteiger partial charge on any atom is 0.452 e. The van der Waals surface area contributed by atoms with Crippen LogP contribution in [0.2, 0.25) is 5.02 Å². The third-order valence-electron chi connectivity index (χ3n) is 7.62. The van der Waals surface area contributed by atoms with Crippen molar-refractivity contribution in [1.82, 2.24) is 23.9 Å². The van der Waals surface area contributed by atoms with E-state index in [0.717, 1.165) is 23.4 Å². The lowest BCUT2D eigenvalue weighted by atomic mass is 9.86. The number of hydrogen-bond donors (Lipinski definition) is 1. The van der Waals surface area contributed by atoms with Gasteiger partial charge in [0.25, 0.3) is 0 Å². The number of aliphatic carboxylic acids is 1. The molecule has 2 atom stereocenters.